The molecule has 0 aliphatic rings. The maximum atomic E-state index is 12.9. The molecule has 440 valence electrons. The van der Waals surface area contributed by atoms with Crippen LogP contribution in [0, 0.1) is 0 Å². The Morgan fingerprint density at radius 3 is 0.789 bits per heavy atom. The average molecular weight is 1060 g/mol. The summed E-state index contributed by atoms with van der Waals surface area (Å²) in [6.45, 7) is 6.61. The van der Waals surface area contributed by atoms with Gasteiger partial charge in [0.05, 0.1) is 0 Å². The third-order valence-corrected chi connectivity index (χ3v) is 14.4. The number of hydrogen-bond donors (Lipinski definition) is 0. The molecule has 0 heterocycles. The lowest BCUT2D eigenvalue weighted by atomic mass is 10.0. The maximum absolute atomic E-state index is 12.9. The van der Waals surface area contributed by atoms with Crippen LogP contribution < -0.4 is 0 Å². The Labute approximate surface area is 472 Å². The molecule has 6 heteroatoms. The Kier molecular flexibility index (Phi) is 61.7. The molecule has 6 nitrogen and oxygen atoms in total. The normalized spacial score (nSPS) is 12.5. The van der Waals surface area contributed by atoms with Crippen LogP contribution in [0.25, 0.3) is 0 Å². The lowest BCUT2D eigenvalue weighted by molar-refractivity contribution is -0.167. The summed E-state index contributed by atoms with van der Waals surface area (Å²) in [5.74, 6) is -0.897. The molecule has 1 atom stereocenters. The van der Waals surface area contributed by atoms with Gasteiger partial charge in [0, 0.05) is 19.3 Å². The topological polar surface area (TPSA) is 78.9 Å². The van der Waals surface area contributed by atoms with Gasteiger partial charge < -0.3 is 14.2 Å². The summed E-state index contributed by atoms with van der Waals surface area (Å²) in [4.78, 5) is 38.4. The monoisotopic (exact) mass is 1060 g/mol. The Hall–Kier alpha value is -3.15. The van der Waals surface area contributed by atoms with E-state index in [1.165, 1.54) is 193 Å². The first-order valence-electron chi connectivity index (χ1n) is 32.9. The zero-order valence-electron chi connectivity index (χ0n) is 50.5. The van der Waals surface area contributed by atoms with Crippen molar-refractivity contribution in [3.8, 4) is 0 Å². The molecule has 0 amide bonds. The van der Waals surface area contributed by atoms with Gasteiger partial charge in [0.2, 0.25) is 0 Å². The van der Waals surface area contributed by atoms with Gasteiger partial charge in [0.25, 0.3) is 0 Å². The van der Waals surface area contributed by atoms with Crippen molar-refractivity contribution in [2.45, 2.75) is 341 Å². The molecule has 0 aliphatic heterocycles. The van der Waals surface area contributed by atoms with Crippen LogP contribution in [-0.4, -0.2) is 37.2 Å². The van der Waals surface area contributed by atoms with Gasteiger partial charge >= 0.3 is 17.9 Å². The van der Waals surface area contributed by atoms with Crippen LogP contribution in [0.3, 0.4) is 0 Å². The van der Waals surface area contributed by atoms with Gasteiger partial charge in [-0.15, -0.1) is 0 Å². The van der Waals surface area contributed by atoms with E-state index in [9.17, 15) is 14.4 Å². The van der Waals surface area contributed by atoms with E-state index in [4.69, 9.17) is 14.2 Å². The van der Waals surface area contributed by atoms with E-state index in [1.54, 1.807) is 0 Å². The fourth-order valence-electron chi connectivity index (χ4n) is 9.42. The van der Waals surface area contributed by atoms with E-state index in [0.717, 1.165) is 103 Å². The van der Waals surface area contributed by atoms with Crippen molar-refractivity contribution in [2.75, 3.05) is 13.2 Å². The molecule has 0 saturated heterocycles. The number of hydrogen-bond acceptors (Lipinski definition) is 6. The minimum absolute atomic E-state index is 0.0844. The van der Waals surface area contributed by atoms with Crippen molar-refractivity contribution in [1.29, 1.82) is 0 Å². The first kappa shape index (κ1) is 72.8. The molecular formula is C70H124O6. The third kappa shape index (κ3) is 61.7. The Morgan fingerprint density at radius 2 is 0.474 bits per heavy atom. The second-order valence-corrected chi connectivity index (χ2v) is 22.0. The number of carbonyl (C=O) groups is 3. The molecule has 1 unspecified atom stereocenters. The zero-order chi connectivity index (χ0) is 55.0. The van der Waals surface area contributed by atoms with Gasteiger partial charge in [0.15, 0.2) is 6.10 Å². The quantitative estimate of drug-likeness (QED) is 0.0261. The molecule has 0 aromatic rings. The summed E-state index contributed by atoms with van der Waals surface area (Å²) in [6, 6.07) is 0. The number of ether oxygens (including phenoxy) is 3. The molecule has 0 N–H and O–H groups in total. The smallest absolute Gasteiger partial charge is 0.306 e. The second-order valence-electron chi connectivity index (χ2n) is 22.0. The van der Waals surface area contributed by atoms with E-state index < -0.39 is 6.10 Å². The van der Waals surface area contributed by atoms with Crippen LogP contribution in [0.1, 0.15) is 335 Å². The highest BCUT2D eigenvalue weighted by Crippen LogP contribution is 2.16. The second kappa shape index (κ2) is 64.4. The van der Waals surface area contributed by atoms with Gasteiger partial charge in [-0.25, -0.2) is 0 Å². The van der Waals surface area contributed by atoms with Crippen LogP contribution >= 0.6 is 0 Å². The molecule has 0 aromatic heterocycles. The third-order valence-electron chi connectivity index (χ3n) is 14.4. The van der Waals surface area contributed by atoms with E-state index >= 15 is 0 Å². The van der Waals surface area contributed by atoms with Gasteiger partial charge in [-0.3, -0.25) is 14.4 Å². The first-order valence-corrected chi connectivity index (χ1v) is 32.9. The number of rotatable bonds is 60. The van der Waals surface area contributed by atoms with Crippen LogP contribution in [0.4, 0.5) is 0 Å². The largest absolute Gasteiger partial charge is 0.462 e. The minimum atomic E-state index is -0.790. The molecule has 76 heavy (non-hydrogen) atoms. The number of esters is 3. The van der Waals surface area contributed by atoms with Crippen LogP contribution in [-0.2, 0) is 28.6 Å². The average Bonchev–Trinajstić information content (AvgIpc) is 3.42. The fraction of sp³-hybridized carbons (Fsp3) is 0.786. The van der Waals surface area contributed by atoms with Gasteiger partial charge in [-0.1, -0.05) is 273 Å². The highest BCUT2D eigenvalue weighted by atomic mass is 16.6. The van der Waals surface area contributed by atoms with Crippen LogP contribution in [0.2, 0.25) is 0 Å². The Balaban J connectivity index is 4.37. The highest BCUT2D eigenvalue weighted by Gasteiger charge is 2.19. The van der Waals surface area contributed by atoms with E-state index in [0.29, 0.717) is 19.3 Å². The van der Waals surface area contributed by atoms with Crippen LogP contribution in [0.5, 0.6) is 0 Å². The molecule has 0 aliphatic carbocycles. The predicted octanol–water partition coefficient (Wildman–Crippen LogP) is 22.5. The van der Waals surface area contributed by atoms with Crippen molar-refractivity contribution in [2.24, 2.45) is 0 Å². The number of allylic oxidation sites excluding steroid dienone is 12. The summed E-state index contributed by atoms with van der Waals surface area (Å²) >= 11 is 0. The van der Waals surface area contributed by atoms with Gasteiger partial charge in [0.1, 0.15) is 13.2 Å². The first-order chi connectivity index (χ1) is 37.5. The zero-order valence-corrected chi connectivity index (χ0v) is 50.5. The SMILES string of the molecule is CCCCC/C=C\C/C=C\C/C=C\CCCCCCCCC(=O)OC(COC(=O)CCCCCCC/C=C\C/C=C\CCCCCC)COC(=O)CCCCCCCCCCCCC/C=C\CCCCCCCCCC. The molecule has 0 spiro atoms. The number of carbonyl (C=O) groups excluding carboxylic acids is 3. The van der Waals surface area contributed by atoms with E-state index in [-0.39, 0.29) is 31.1 Å². The van der Waals surface area contributed by atoms with E-state index in [2.05, 4.69) is 93.7 Å². The summed E-state index contributed by atoms with van der Waals surface area (Å²) in [5.41, 5.74) is 0. The Bertz CT molecular complexity index is 1400. The van der Waals surface area contributed by atoms with Gasteiger partial charge in [-0.05, 0) is 116 Å². The van der Waals surface area contributed by atoms with Gasteiger partial charge in [-0.2, -0.15) is 0 Å². The van der Waals surface area contributed by atoms with Crippen LogP contribution in [0.15, 0.2) is 72.9 Å². The molecular weight excluding hydrogens is 937 g/mol. The fourth-order valence-corrected chi connectivity index (χ4v) is 9.42. The van der Waals surface area contributed by atoms with Crippen molar-refractivity contribution in [1.82, 2.24) is 0 Å². The minimum Gasteiger partial charge on any atom is -0.462 e. The number of unbranched alkanes of at least 4 members (excludes halogenated alkanes) is 37. The molecule has 0 bridgehead atoms. The van der Waals surface area contributed by atoms with Crippen molar-refractivity contribution in [3.63, 3.8) is 0 Å². The lowest BCUT2D eigenvalue weighted by Crippen LogP contribution is -2.30. The summed E-state index contributed by atoms with van der Waals surface area (Å²) in [7, 11) is 0. The summed E-state index contributed by atoms with van der Waals surface area (Å²) < 4.78 is 16.9. The lowest BCUT2D eigenvalue weighted by Gasteiger charge is -2.18. The van der Waals surface area contributed by atoms with E-state index in [1.807, 2.05) is 0 Å². The Morgan fingerprint density at radius 1 is 0.263 bits per heavy atom. The molecule has 0 aromatic carbocycles. The summed E-state index contributed by atoms with van der Waals surface area (Å²) in [6.07, 6.45) is 83.3. The predicted molar refractivity (Wildman–Crippen MR) is 330 cm³/mol. The molecule has 0 radical (unpaired) electrons. The molecule has 0 rings (SSSR count). The van der Waals surface area contributed by atoms with Crippen molar-refractivity contribution >= 4 is 17.9 Å². The molecule has 0 saturated carbocycles. The summed E-state index contributed by atoms with van der Waals surface area (Å²) in [5, 5.41) is 0. The highest BCUT2D eigenvalue weighted by molar-refractivity contribution is 5.71. The molecule has 0 fully saturated rings. The standard InChI is InChI=1S/C70H124O6/c1-4-7-10-13-16-19-22-25-28-31-33-34-35-36-38-39-42-45-48-51-54-57-60-63-69(72)75-66-67(65-74-68(71)62-59-56-53-50-47-44-41-30-27-24-21-18-15-12-9-6-3)76-70(73)64-61-58-55-52-49-46-43-40-37-32-29-26-23-20-17-14-11-8-5-2/h17,20-21,24,26,29-31,33,37,40-41,67H,4-16,18-19,22-23,25,27-28,32,34-36,38-39,42-66H2,1-3H3/b20-17-,24-21-,29-26-,33-31-,40-37-,41-30-. The van der Waals surface area contributed by atoms with Crippen molar-refractivity contribution in [3.05, 3.63) is 72.9 Å². The maximum Gasteiger partial charge on any atom is 0.306 e. The van der Waals surface area contributed by atoms with Crippen molar-refractivity contribution < 1.29 is 28.6 Å².